The molecular formula is C17H19NO2. The van der Waals surface area contributed by atoms with Crippen molar-refractivity contribution in [3.8, 4) is 11.5 Å². The molecule has 1 aliphatic rings. The van der Waals surface area contributed by atoms with Gasteiger partial charge in [0.25, 0.3) is 0 Å². The van der Waals surface area contributed by atoms with E-state index in [2.05, 4.69) is 42.6 Å². The lowest BCUT2D eigenvalue weighted by Gasteiger charge is -2.28. The number of aryl methyl sites for hydroxylation is 1. The highest BCUT2D eigenvalue weighted by Crippen LogP contribution is 2.35. The lowest BCUT2D eigenvalue weighted by molar-refractivity contribution is 0.210. The van der Waals surface area contributed by atoms with Crippen LogP contribution in [-0.4, -0.2) is 13.2 Å². The maximum Gasteiger partial charge on any atom is 0.143 e. The van der Waals surface area contributed by atoms with E-state index in [1.165, 1.54) is 5.56 Å². The smallest absolute Gasteiger partial charge is 0.143 e. The fourth-order valence-corrected chi connectivity index (χ4v) is 2.40. The number of hydrogen-bond acceptors (Lipinski definition) is 3. The molecule has 0 saturated heterocycles. The van der Waals surface area contributed by atoms with Gasteiger partial charge < -0.3 is 14.8 Å². The molecule has 3 rings (SSSR count). The Morgan fingerprint density at radius 2 is 2.00 bits per heavy atom. The van der Waals surface area contributed by atoms with Gasteiger partial charge in [-0.1, -0.05) is 18.2 Å². The summed E-state index contributed by atoms with van der Waals surface area (Å²) in [6, 6.07) is 14.4. The summed E-state index contributed by atoms with van der Waals surface area (Å²) in [7, 11) is 0. The van der Waals surface area contributed by atoms with Gasteiger partial charge in [0.1, 0.15) is 17.6 Å². The molecule has 1 unspecified atom stereocenters. The molecule has 1 atom stereocenters. The molecule has 0 radical (unpaired) electrons. The lowest BCUT2D eigenvalue weighted by Crippen LogP contribution is -2.23. The minimum Gasteiger partial charge on any atom is -0.494 e. The van der Waals surface area contributed by atoms with E-state index in [0.29, 0.717) is 6.61 Å². The van der Waals surface area contributed by atoms with E-state index in [1.807, 2.05) is 19.1 Å². The number of hydrogen-bond donors (Lipinski definition) is 1. The van der Waals surface area contributed by atoms with Crippen molar-refractivity contribution in [1.29, 1.82) is 0 Å². The van der Waals surface area contributed by atoms with Crippen LogP contribution in [0.1, 0.15) is 24.2 Å². The lowest BCUT2D eigenvalue weighted by atomic mass is 10.1. The zero-order valence-electron chi connectivity index (χ0n) is 11.8. The Bertz CT molecular complexity index is 592. The minimum atomic E-state index is 0.0416. The van der Waals surface area contributed by atoms with Crippen LogP contribution in [0.2, 0.25) is 0 Å². The van der Waals surface area contributed by atoms with Crippen molar-refractivity contribution in [3.63, 3.8) is 0 Å². The predicted molar refractivity (Wildman–Crippen MR) is 80.6 cm³/mol. The monoisotopic (exact) mass is 269 g/mol. The van der Waals surface area contributed by atoms with E-state index in [1.54, 1.807) is 0 Å². The van der Waals surface area contributed by atoms with Gasteiger partial charge in [-0.15, -0.1) is 0 Å². The summed E-state index contributed by atoms with van der Waals surface area (Å²) in [4.78, 5) is 0. The summed E-state index contributed by atoms with van der Waals surface area (Å²) in [6.07, 6.45) is 0.0416. The van der Waals surface area contributed by atoms with Gasteiger partial charge in [0.2, 0.25) is 0 Å². The van der Waals surface area contributed by atoms with Crippen LogP contribution in [0.25, 0.3) is 0 Å². The quantitative estimate of drug-likeness (QED) is 0.915. The van der Waals surface area contributed by atoms with E-state index >= 15 is 0 Å². The van der Waals surface area contributed by atoms with Crippen LogP contribution in [0, 0.1) is 6.92 Å². The molecule has 0 saturated carbocycles. The van der Waals surface area contributed by atoms with E-state index in [0.717, 1.165) is 29.3 Å². The van der Waals surface area contributed by atoms with Crippen molar-refractivity contribution >= 4 is 5.69 Å². The second kappa shape index (κ2) is 5.45. The van der Waals surface area contributed by atoms with E-state index in [4.69, 9.17) is 9.47 Å². The summed E-state index contributed by atoms with van der Waals surface area (Å²) < 4.78 is 11.6. The standard InChI is InChI=1S/C17H19NO2/c1-3-19-14-7-5-13(6-8-14)17-11-18-15-9-4-12(2)10-16(15)20-17/h4-10,17-18H,3,11H2,1-2H3. The van der Waals surface area contributed by atoms with Crippen LogP contribution in [0.5, 0.6) is 11.5 Å². The SMILES string of the molecule is CCOc1ccc(C2CNc3ccc(C)cc3O2)cc1. The van der Waals surface area contributed by atoms with Crippen LogP contribution in [-0.2, 0) is 0 Å². The molecule has 0 spiro atoms. The van der Waals surface area contributed by atoms with Gasteiger partial charge >= 0.3 is 0 Å². The van der Waals surface area contributed by atoms with Crippen molar-refractivity contribution in [2.24, 2.45) is 0 Å². The highest BCUT2D eigenvalue weighted by Gasteiger charge is 2.20. The normalized spacial score (nSPS) is 16.8. The first-order chi connectivity index (χ1) is 9.76. The van der Waals surface area contributed by atoms with Gasteiger partial charge in [-0.2, -0.15) is 0 Å². The Hall–Kier alpha value is -2.16. The highest BCUT2D eigenvalue weighted by atomic mass is 16.5. The number of ether oxygens (including phenoxy) is 2. The van der Waals surface area contributed by atoms with E-state index < -0.39 is 0 Å². The second-order valence-corrected chi connectivity index (χ2v) is 4.99. The van der Waals surface area contributed by atoms with Crippen molar-refractivity contribution < 1.29 is 9.47 Å². The third-order valence-electron chi connectivity index (χ3n) is 3.45. The maximum atomic E-state index is 6.10. The van der Waals surface area contributed by atoms with Crippen molar-refractivity contribution in [2.75, 3.05) is 18.5 Å². The topological polar surface area (TPSA) is 30.5 Å². The summed E-state index contributed by atoms with van der Waals surface area (Å²) in [6.45, 7) is 5.53. The molecule has 1 heterocycles. The van der Waals surface area contributed by atoms with E-state index in [9.17, 15) is 0 Å². The summed E-state index contributed by atoms with van der Waals surface area (Å²) in [5.74, 6) is 1.83. The molecule has 104 valence electrons. The summed E-state index contributed by atoms with van der Waals surface area (Å²) >= 11 is 0. The molecule has 2 aromatic carbocycles. The Kier molecular flexibility index (Phi) is 3.50. The van der Waals surface area contributed by atoms with Crippen LogP contribution in [0.4, 0.5) is 5.69 Å². The first-order valence-electron chi connectivity index (χ1n) is 7.00. The first-order valence-corrected chi connectivity index (χ1v) is 7.00. The number of anilines is 1. The number of rotatable bonds is 3. The molecule has 3 nitrogen and oxygen atoms in total. The molecule has 1 N–H and O–H groups in total. The van der Waals surface area contributed by atoms with Crippen molar-refractivity contribution in [1.82, 2.24) is 0 Å². The Labute approximate surface area is 119 Å². The van der Waals surface area contributed by atoms with Crippen LogP contribution in [0.3, 0.4) is 0 Å². The molecule has 2 aromatic rings. The van der Waals surface area contributed by atoms with Gasteiger partial charge in [0, 0.05) is 0 Å². The number of benzene rings is 2. The highest BCUT2D eigenvalue weighted by molar-refractivity contribution is 5.59. The third-order valence-corrected chi connectivity index (χ3v) is 3.45. The largest absolute Gasteiger partial charge is 0.494 e. The molecule has 0 aromatic heterocycles. The number of nitrogens with one attached hydrogen (secondary N) is 1. The van der Waals surface area contributed by atoms with Crippen LogP contribution >= 0.6 is 0 Å². The van der Waals surface area contributed by atoms with Crippen molar-refractivity contribution in [3.05, 3.63) is 53.6 Å². The Morgan fingerprint density at radius 1 is 1.20 bits per heavy atom. The predicted octanol–water partition coefficient (Wildman–Crippen LogP) is 3.94. The zero-order valence-corrected chi connectivity index (χ0v) is 11.8. The second-order valence-electron chi connectivity index (χ2n) is 4.99. The molecule has 3 heteroatoms. The minimum absolute atomic E-state index is 0.0416. The van der Waals surface area contributed by atoms with Crippen molar-refractivity contribution in [2.45, 2.75) is 20.0 Å². The summed E-state index contributed by atoms with van der Waals surface area (Å²) in [5, 5.41) is 3.42. The number of fused-ring (bicyclic) bond motifs is 1. The van der Waals surface area contributed by atoms with Gasteiger partial charge in [-0.3, -0.25) is 0 Å². The van der Waals surface area contributed by atoms with Gasteiger partial charge in [0.05, 0.1) is 18.8 Å². The van der Waals surface area contributed by atoms with E-state index in [-0.39, 0.29) is 6.10 Å². The first kappa shape index (κ1) is 12.9. The zero-order chi connectivity index (χ0) is 13.9. The average Bonchev–Trinajstić information content (AvgIpc) is 2.47. The van der Waals surface area contributed by atoms with Gasteiger partial charge in [0.15, 0.2) is 0 Å². The van der Waals surface area contributed by atoms with Crippen LogP contribution < -0.4 is 14.8 Å². The fourth-order valence-electron chi connectivity index (χ4n) is 2.40. The molecule has 20 heavy (non-hydrogen) atoms. The Morgan fingerprint density at radius 3 is 2.75 bits per heavy atom. The molecule has 0 bridgehead atoms. The molecule has 1 aliphatic heterocycles. The fraction of sp³-hybridized carbons (Fsp3) is 0.294. The van der Waals surface area contributed by atoms with Gasteiger partial charge in [-0.05, 0) is 49.2 Å². The van der Waals surface area contributed by atoms with Crippen LogP contribution in [0.15, 0.2) is 42.5 Å². The molecule has 0 aliphatic carbocycles. The molecular weight excluding hydrogens is 250 g/mol. The molecule has 0 fully saturated rings. The average molecular weight is 269 g/mol. The summed E-state index contributed by atoms with van der Waals surface area (Å²) in [5.41, 5.74) is 3.43. The Balaban J connectivity index is 1.79. The maximum absolute atomic E-state index is 6.10. The molecule has 0 amide bonds. The third kappa shape index (κ3) is 2.57. The van der Waals surface area contributed by atoms with Gasteiger partial charge in [-0.25, -0.2) is 0 Å².